The van der Waals surface area contributed by atoms with Crippen LogP contribution in [-0.2, 0) is 16.0 Å². The second kappa shape index (κ2) is 8.66. The van der Waals surface area contributed by atoms with Crippen molar-refractivity contribution in [2.75, 3.05) is 11.9 Å². The minimum atomic E-state index is -0.555. The Balaban J connectivity index is 1.52. The summed E-state index contributed by atoms with van der Waals surface area (Å²) in [4.78, 5) is 23.0. The molecular formula is C20H20N4O3. The molecule has 1 heterocycles. The monoisotopic (exact) mass is 364 g/mol. The lowest BCUT2D eigenvalue weighted by molar-refractivity contribution is -0.120. The first-order valence-corrected chi connectivity index (χ1v) is 8.50. The van der Waals surface area contributed by atoms with Gasteiger partial charge in [0.15, 0.2) is 6.61 Å². The van der Waals surface area contributed by atoms with Crippen molar-refractivity contribution in [1.29, 1.82) is 0 Å². The number of nitrogens with one attached hydrogen (secondary N) is 1. The zero-order valence-electron chi connectivity index (χ0n) is 14.7. The molecule has 7 heteroatoms. The lowest BCUT2D eigenvalue weighted by atomic mass is 10.2. The summed E-state index contributed by atoms with van der Waals surface area (Å²) < 4.78 is 7.01. The number of primary amides is 1. The van der Waals surface area contributed by atoms with E-state index >= 15 is 0 Å². The number of anilines is 1. The van der Waals surface area contributed by atoms with E-state index in [9.17, 15) is 9.59 Å². The van der Waals surface area contributed by atoms with Crippen LogP contribution in [0.15, 0.2) is 67.0 Å². The van der Waals surface area contributed by atoms with E-state index in [1.165, 1.54) is 0 Å². The highest BCUT2D eigenvalue weighted by Gasteiger charge is 2.07. The number of benzene rings is 2. The normalized spacial score (nSPS) is 10.4. The van der Waals surface area contributed by atoms with E-state index in [0.29, 0.717) is 24.3 Å². The highest BCUT2D eigenvalue weighted by Crippen LogP contribution is 2.18. The summed E-state index contributed by atoms with van der Waals surface area (Å²) >= 11 is 0. The molecule has 0 atom stereocenters. The van der Waals surface area contributed by atoms with Gasteiger partial charge in [-0.25, -0.2) is 4.68 Å². The molecule has 138 valence electrons. The van der Waals surface area contributed by atoms with Gasteiger partial charge in [0.1, 0.15) is 5.75 Å². The number of hydrogen-bond acceptors (Lipinski definition) is 4. The minimum absolute atomic E-state index is 0.116. The number of ether oxygens (including phenoxy) is 1. The number of amides is 2. The number of rotatable bonds is 8. The molecule has 0 spiro atoms. The average Bonchev–Trinajstić information content (AvgIpc) is 3.15. The number of carbonyl (C=O) groups excluding carboxylic acids is 2. The lowest BCUT2D eigenvalue weighted by Gasteiger charge is -2.08. The van der Waals surface area contributed by atoms with Crippen LogP contribution in [0.2, 0.25) is 0 Å². The first kappa shape index (κ1) is 18.2. The van der Waals surface area contributed by atoms with Gasteiger partial charge in [0.05, 0.1) is 11.9 Å². The van der Waals surface area contributed by atoms with Gasteiger partial charge >= 0.3 is 0 Å². The predicted molar refractivity (Wildman–Crippen MR) is 102 cm³/mol. The van der Waals surface area contributed by atoms with Crippen LogP contribution in [0.4, 0.5) is 5.69 Å². The van der Waals surface area contributed by atoms with Crippen LogP contribution in [0, 0.1) is 0 Å². The maximum Gasteiger partial charge on any atom is 0.255 e. The maximum atomic E-state index is 12.2. The molecule has 3 aromatic rings. The molecule has 0 saturated carbocycles. The first-order valence-electron chi connectivity index (χ1n) is 8.50. The van der Waals surface area contributed by atoms with Crippen molar-refractivity contribution in [3.63, 3.8) is 0 Å². The Labute approximate surface area is 156 Å². The van der Waals surface area contributed by atoms with Gasteiger partial charge in [-0.2, -0.15) is 5.10 Å². The summed E-state index contributed by atoms with van der Waals surface area (Å²) in [5, 5.41) is 7.14. The number of hydrogen-bond donors (Lipinski definition) is 2. The highest BCUT2D eigenvalue weighted by atomic mass is 16.5. The molecule has 0 bridgehead atoms. The molecule has 3 rings (SSSR count). The van der Waals surface area contributed by atoms with Gasteiger partial charge in [0, 0.05) is 24.4 Å². The van der Waals surface area contributed by atoms with Crippen LogP contribution in [0.1, 0.15) is 12.0 Å². The molecule has 2 amide bonds. The third-order valence-corrected chi connectivity index (χ3v) is 3.80. The van der Waals surface area contributed by atoms with Crippen LogP contribution in [0.25, 0.3) is 5.69 Å². The van der Waals surface area contributed by atoms with Gasteiger partial charge in [0.25, 0.3) is 5.91 Å². The summed E-state index contributed by atoms with van der Waals surface area (Å²) in [5.41, 5.74) is 7.60. The Morgan fingerprint density at radius 1 is 1.11 bits per heavy atom. The molecule has 0 aliphatic heterocycles. The fourth-order valence-electron chi connectivity index (χ4n) is 2.51. The molecule has 7 nitrogen and oxygen atoms in total. The third-order valence-electron chi connectivity index (χ3n) is 3.80. The summed E-state index contributed by atoms with van der Waals surface area (Å²) in [6.07, 6.45) is 4.59. The van der Waals surface area contributed by atoms with Gasteiger partial charge in [-0.05, 0) is 36.2 Å². The fourth-order valence-corrected chi connectivity index (χ4v) is 2.51. The summed E-state index contributed by atoms with van der Waals surface area (Å²) in [6, 6.07) is 16.6. The number of nitrogens with zero attached hydrogens (tertiary/aromatic N) is 2. The zero-order chi connectivity index (χ0) is 19.1. The predicted octanol–water partition coefficient (Wildman–Crippen LogP) is 2.31. The molecule has 0 saturated heterocycles. The molecule has 0 fully saturated rings. The van der Waals surface area contributed by atoms with Crippen LogP contribution < -0.4 is 15.8 Å². The molecule has 0 unspecified atom stereocenters. The van der Waals surface area contributed by atoms with Crippen molar-refractivity contribution in [2.24, 2.45) is 5.73 Å². The Hall–Kier alpha value is -3.61. The molecule has 1 aromatic heterocycles. The SMILES string of the molecule is NC(=O)COc1cccc(NC(=O)CCc2cnn(-c3ccccc3)c2)c1. The van der Waals surface area contributed by atoms with E-state index in [1.54, 1.807) is 35.1 Å². The topological polar surface area (TPSA) is 99.2 Å². The standard InChI is InChI=1S/C20H20N4O3/c21-19(25)14-27-18-8-4-5-16(11-18)23-20(26)10-9-15-12-22-24(13-15)17-6-2-1-3-7-17/h1-8,11-13H,9-10,14H2,(H2,21,25)(H,23,26). The molecule has 0 radical (unpaired) electrons. The van der Waals surface area contributed by atoms with Gasteiger partial charge < -0.3 is 15.8 Å². The van der Waals surface area contributed by atoms with Crippen molar-refractivity contribution in [1.82, 2.24) is 9.78 Å². The van der Waals surface area contributed by atoms with E-state index in [4.69, 9.17) is 10.5 Å². The first-order chi connectivity index (χ1) is 13.1. The van der Waals surface area contributed by atoms with Gasteiger partial charge in [-0.3, -0.25) is 9.59 Å². The van der Waals surface area contributed by atoms with Crippen LogP contribution in [-0.4, -0.2) is 28.2 Å². The average molecular weight is 364 g/mol. The minimum Gasteiger partial charge on any atom is -0.484 e. The number of aryl methyl sites for hydroxylation is 1. The molecule has 3 N–H and O–H groups in total. The maximum absolute atomic E-state index is 12.2. The molecule has 2 aromatic carbocycles. The van der Waals surface area contributed by atoms with E-state index in [0.717, 1.165) is 11.3 Å². The Kier molecular flexibility index (Phi) is 5.84. The highest BCUT2D eigenvalue weighted by molar-refractivity contribution is 5.91. The lowest BCUT2D eigenvalue weighted by Crippen LogP contribution is -2.20. The van der Waals surface area contributed by atoms with Crippen LogP contribution in [0.5, 0.6) is 5.75 Å². The number of nitrogens with two attached hydrogens (primary N) is 1. The molecule has 0 aliphatic carbocycles. The van der Waals surface area contributed by atoms with E-state index in [1.807, 2.05) is 36.5 Å². The molecular weight excluding hydrogens is 344 g/mol. The third kappa shape index (κ3) is 5.43. The van der Waals surface area contributed by atoms with E-state index < -0.39 is 5.91 Å². The zero-order valence-corrected chi connectivity index (χ0v) is 14.7. The second-order valence-electron chi connectivity index (χ2n) is 5.96. The summed E-state index contributed by atoms with van der Waals surface area (Å²) in [5.74, 6) is -0.203. The van der Waals surface area contributed by atoms with E-state index in [-0.39, 0.29) is 12.5 Å². The fraction of sp³-hybridized carbons (Fsp3) is 0.150. The summed E-state index contributed by atoms with van der Waals surface area (Å²) in [6.45, 7) is -0.206. The van der Waals surface area contributed by atoms with Crippen LogP contribution in [0.3, 0.4) is 0 Å². The van der Waals surface area contributed by atoms with Crippen LogP contribution >= 0.6 is 0 Å². The van der Waals surface area contributed by atoms with Gasteiger partial charge in [-0.1, -0.05) is 24.3 Å². The Morgan fingerprint density at radius 2 is 1.93 bits per heavy atom. The number of aromatic nitrogens is 2. The second-order valence-corrected chi connectivity index (χ2v) is 5.96. The van der Waals surface area contributed by atoms with E-state index in [2.05, 4.69) is 10.4 Å². The van der Waals surface area contributed by atoms with Crippen molar-refractivity contribution in [3.05, 3.63) is 72.6 Å². The quantitative estimate of drug-likeness (QED) is 0.641. The number of para-hydroxylation sites is 1. The molecule has 27 heavy (non-hydrogen) atoms. The van der Waals surface area contributed by atoms with Crippen molar-refractivity contribution >= 4 is 17.5 Å². The smallest absolute Gasteiger partial charge is 0.255 e. The van der Waals surface area contributed by atoms with Crippen molar-refractivity contribution in [2.45, 2.75) is 12.8 Å². The van der Waals surface area contributed by atoms with Gasteiger partial charge in [0.2, 0.25) is 5.91 Å². The Morgan fingerprint density at radius 3 is 2.70 bits per heavy atom. The molecule has 0 aliphatic rings. The van der Waals surface area contributed by atoms with Crippen molar-refractivity contribution < 1.29 is 14.3 Å². The number of carbonyl (C=O) groups is 2. The largest absolute Gasteiger partial charge is 0.484 e. The Bertz CT molecular complexity index is 922. The summed E-state index contributed by atoms with van der Waals surface area (Å²) in [7, 11) is 0. The van der Waals surface area contributed by atoms with Crippen molar-refractivity contribution in [3.8, 4) is 11.4 Å². The van der Waals surface area contributed by atoms with Gasteiger partial charge in [-0.15, -0.1) is 0 Å².